The molecule has 1 aliphatic rings. The molecule has 180 valence electrons. The van der Waals surface area contributed by atoms with Gasteiger partial charge in [-0.05, 0) is 42.0 Å². The number of urea groups is 1. The first kappa shape index (κ1) is 23.8. The van der Waals surface area contributed by atoms with E-state index in [1.165, 1.54) is 24.3 Å². The molecule has 0 unspecified atom stereocenters. The minimum Gasteiger partial charge on any atom is -0.484 e. The highest BCUT2D eigenvalue weighted by Gasteiger charge is 2.37. The van der Waals surface area contributed by atoms with Crippen molar-refractivity contribution in [3.05, 3.63) is 100 Å². The first-order valence-corrected chi connectivity index (χ1v) is 10.6. The van der Waals surface area contributed by atoms with Gasteiger partial charge in [0.2, 0.25) is 0 Å². The predicted molar refractivity (Wildman–Crippen MR) is 129 cm³/mol. The largest absolute Gasteiger partial charge is 0.484 e. The summed E-state index contributed by atoms with van der Waals surface area (Å²) in [5.41, 5.74) is 0.382. The Balaban J connectivity index is 1.46. The van der Waals surface area contributed by atoms with E-state index in [4.69, 9.17) is 4.74 Å². The number of nitro groups is 1. The van der Waals surface area contributed by atoms with Gasteiger partial charge < -0.3 is 10.1 Å². The summed E-state index contributed by atoms with van der Waals surface area (Å²) in [6.07, 6.45) is 1.28. The fourth-order valence-corrected chi connectivity index (χ4v) is 3.33. The second-order valence-electron chi connectivity index (χ2n) is 7.51. The number of nitro benzene ring substituents is 1. The Morgan fingerprint density at radius 1 is 1.00 bits per heavy atom. The molecule has 11 nitrogen and oxygen atoms in total. The van der Waals surface area contributed by atoms with Gasteiger partial charge in [-0.25, -0.2) is 9.69 Å². The zero-order valence-corrected chi connectivity index (χ0v) is 18.5. The van der Waals surface area contributed by atoms with Gasteiger partial charge in [-0.3, -0.25) is 29.8 Å². The molecule has 0 radical (unpaired) electrons. The van der Waals surface area contributed by atoms with Crippen LogP contribution in [-0.4, -0.2) is 35.3 Å². The van der Waals surface area contributed by atoms with Crippen molar-refractivity contribution < 1.29 is 28.8 Å². The van der Waals surface area contributed by atoms with Gasteiger partial charge in [-0.15, -0.1) is 0 Å². The van der Waals surface area contributed by atoms with E-state index in [0.29, 0.717) is 21.9 Å². The number of hydrogen-bond acceptors (Lipinski definition) is 7. The number of rotatable bonds is 7. The zero-order chi connectivity index (χ0) is 25.7. The normalized spacial score (nSPS) is 14.4. The van der Waals surface area contributed by atoms with Crippen LogP contribution in [0.4, 0.5) is 21.9 Å². The quantitative estimate of drug-likeness (QED) is 0.225. The molecule has 0 bridgehead atoms. The third kappa shape index (κ3) is 5.42. The van der Waals surface area contributed by atoms with Gasteiger partial charge in [-0.2, -0.15) is 0 Å². The summed E-state index contributed by atoms with van der Waals surface area (Å²) in [6, 6.07) is 19.1. The van der Waals surface area contributed by atoms with Crippen LogP contribution < -0.4 is 20.3 Å². The number of carbonyl (C=O) groups is 4. The molecule has 1 saturated heterocycles. The topological polar surface area (TPSA) is 148 Å². The minimum atomic E-state index is -1.01. The molecule has 0 saturated carbocycles. The molecule has 0 spiro atoms. The zero-order valence-electron chi connectivity index (χ0n) is 18.5. The van der Waals surface area contributed by atoms with Crippen LogP contribution in [0.5, 0.6) is 5.75 Å². The van der Waals surface area contributed by atoms with Gasteiger partial charge in [0.05, 0.1) is 10.6 Å². The number of nitrogens with one attached hydrogen (secondary N) is 2. The molecular weight excluding hydrogens is 468 g/mol. The first-order chi connectivity index (χ1) is 17.3. The van der Waals surface area contributed by atoms with Crippen LogP contribution in [0.3, 0.4) is 0 Å². The van der Waals surface area contributed by atoms with Gasteiger partial charge in [0, 0.05) is 17.8 Å². The number of barbiturate groups is 1. The second-order valence-corrected chi connectivity index (χ2v) is 7.51. The van der Waals surface area contributed by atoms with Crippen molar-refractivity contribution in [2.24, 2.45) is 0 Å². The average molecular weight is 486 g/mol. The van der Waals surface area contributed by atoms with Crippen LogP contribution >= 0.6 is 0 Å². The molecular formula is C25H18N4O7. The molecule has 11 heteroatoms. The van der Waals surface area contributed by atoms with Crippen LogP contribution in [0.2, 0.25) is 0 Å². The Morgan fingerprint density at radius 2 is 1.72 bits per heavy atom. The van der Waals surface area contributed by atoms with E-state index >= 15 is 0 Å². The fourth-order valence-electron chi connectivity index (χ4n) is 3.33. The maximum Gasteiger partial charge on any atom is 0.335 e. The number of benzene rings is 3. The minimum absolute atomic E-state index is 0.0531. The molecule has 4 rings (SSSR count). The van der Waals surface area contributed by atoms with Crippen molar-refractivity contribution in [3.8, 4) is 5.75 Å². The van der Waals surface area contributed by atoms with Gasteiger partial charge in [0.25, 0.3) is 23.4 Å². The van der Waals surface area contributed by atoms with Crippen molar-refractivity contribution in [1.82, 2.24) is 5.32 Å². The Hall–Kier alpha value is -5.32. The molecule has 1 heterocycles. The number of non-ortho nitro benzene ring substituents is 1. The monoisotopic (exact) mass is 486 g/mol. The summed E-state index contributed by atoms with van der Waals surface area (Å²) >= 11 is 0. The van der Waals surface area contributed by atoms with E-state index in [-0.39, 0.29) is 29.5 Å². The summed E-state index contributed by atoms with van der Waals surface area (Å²) < 4.78 is 5.46. The second kappa shape index (κ2) is 10.3. The number of carbonyl (C=O) groups excluding carboxylic acids is 4. The predicted octanol–water partition coefficient (Wildman–Crippen LogP) is 3.28. The fraction of sp³-hybridized carbons (Fsp3) is 0.0400. The highest BCUT2D eigenvalue weighted by Crippen LogP contribution is 2.25. The molecule has 1 fully saturated rings. The summed E-state index contributed by atoms with van der Waals surface area (Å²) in [7, 11) is 0. The molecule has 1 aliphatic heterocycles. The lowest BCUT2D eigenvalue weighted by Crippen LogP contribution is -2.54. The smallest absolute Gasteiger partial charge is 0.335 e. The standard InChI is InChI=1S/C25H18N4O7/c30-22(26-17-5-2-1-3-6-17)15-36-20-11-9-16(10-12-20)13-21-23(31)27-25(33)28(24(21)32)18-7-4-8-19(14-18)29(34)35/h1-14H,15H2,(H,26,30)(H,27,31,33)/b21-13+. The molecule has 3 aromatic carbocycles. The average Bonchev–Trinajstić information content (AvgIpc) is 2.86. The van der Waals surface area contributed by atoms with E-state index in [1.54, 1.807) is 48.5 Å². The lowest BCUT2D eigenvalue weighted by molar-refractivity contribution is -0.384. The van der Waals surface area contributed by atoms with Gasteiger partial charge in [0.15, 0.2) is 6.61 Å². The maximum atomic E-state index is 13.0. The van der Waals surface area contributed by atoms with Gasteiger partial charge >= 0.3 is 6.03 Å². The number of imide groups is 2. The number of hydrogen-bond donors (Lipinski definition) is 2. The van der Waals surface area contributed by atoms with Gasteiger partial charge in [0.1, 0.15) is 11.3 Å². The van der Waals surface area contributed by atoms with Gasteiger partial charge in [-0.1, -0.05) is 36.4 Å². The van der Waals surface area contributed by atoms with E-state index < -0.39 is 22.8 Å². The van der Waals surface area contributed by atoms with E-state index in [0.717, 1.165) is 6.07 Å². The Morgan fingerprint density at radius 3 is 2.42 bits per heavy atom. The number of amides is 5. The summed E-state index contributed by atoms with van der Waals surface area (Å²) in [6.45, 7) is -0.226. The van der Waals surface area contributed by atoms with Crippen LogP contribution in [0.25, 0.3) is 6.08 Å². The number of ether oxygens (including phenoxy) is 1. The molecule has 5 amide bonds. The summed E-state index contributed by atoms with van der Waals surface area (Å²) in [5.74, 6) is -1.79. The summed E-state index contributed by atoms with van der Waals surface area (Å²) in [5, 5.41) is 15.8. The van der Waals surface area contributed by atoms with Crippen molar-refractivity contribution in [3.63, 3.8) is 0 Å². The number of anilines is 2. The molecule has 0 aliphatic carbocycles. The van der Waals surface area contributed by atoms with Crippen molar-refractivity contribution in [2.45, 2.75) is 0 Å². The Labute approximate surface area is 204 Å². The highest BCUT2D eigenvalue weighted by molar-refractivity contribution is 6.39. The lowest BCUT2D eigenvalue weighted by atomic mass is 10.1. The molecule has 0 atom stereocenters. The number of nitrogens with zero attached hydrogens (tertiary/aromatic N) is 2. The van der Waals surface area contributed by atoms with Crippen molar-refractivity contribution in [2.75, 3.05) is 16.8 Å². The van der Waals surface area contributed by atoms with Crippen LogP contribution in [-0.2, 0) is 14.4 Å². The van der Waals surface area contributed by atoms with Crippen molar-refractivity contribution >= 4 is 46.9 Å². The van der Waals surface area contributed by atoms with E-state index in [9.17, 15) is 29.3 Å². The Bertz CT molecular complexity index is 1390. The molecule has 36 heavy (non-hydrogen) atoms. The molecule has 0 aromatic heterocycles. The number of para-hydroxylation sites is 1. The van der Waals surface area contributed by atoms with Crippen LogP contribution in [0.1, 0.15) is 5.56 Å². The Kier molecular flexibility index (Phi) is 6.82. The van der Waals surface area contributed by atoms with Crippen molar-refractivity contribution in [1.29, 1.82) is 0 Å². The first-order valence-electron chi connectivity index (χ1n) is 10.6. The molecule has 2 N–H and O–H groups in total. The van der Waals surface area contributed by atoms with E-state index in [2.05, 4.69) is 10.6 Å². The van der Waals surface area contributed by atoms with Crippen LogP contribution in [0, 0.1) is 10.1 Å². The maximum absolute atomic E-state index is 13.0. The lowest BCUT2D eigenvalue weighted by Gasteiger charge is -2.26. The van der Waals surface area contributed by atoms with E-state index in [1.807, 2.05) is 6.07 Å². The highest BCUT2D eigenvalue weighted by atomic mass is 16.6. The summed E-state index contributed by atoms with van der Waals surface area (Å²) in [4.78, 5) is 60.7. The third-order valence-electron chi connectivity index (χ3n) is 5.02. The SMILES string of the molecule is O=C(COc1ccc(/C=C2\C(=O)NC(=O)N(c3cccc([N+](=O)[O-])c3)C2=O)cc1)Nc1ccccc1. The third-order valence-corrected chi connectivity index (χ3v) is 5.02. The molecule has 3 aromatic rings. The van der Waals surface area contributed by atoms with Crippen LogP contribution in [0.15, 0.2) is 84.4 Å².